The summed E-state index contributed by atoms with van der Waals surface area (Å²) in [6.45, 7) is 1.68. The minimum atomic E-state index is -0.974. The van der Waals surface area contributed by atoms with E-state index < -0.39 is 17.8 Å². The molecule has 100 valence electrons. The first-order chi connectivity index (χ1) is 9.58. The number of nitrogens with one attached hydrogen (secondary N) is 1. The number of phenols is 1. The lowest BCUT2D eigenvalue weighted by Gasteiger charge is -2.23. The van der Waals surface area contributed by atoms with E-state index >= 15 is 0 Å². The Bertz CT molecular complexity index is 623. The molecule has 1 aromatic rings. The third-order valence-electron chi connectivity index (χ3n) is 3.35. The summed E-state index contributed by atoms with van der Waals surface area (Å²) in [6, 6.07) is 10.0. The Labute approximate surface area is 116 Å². The molecular formula is C14H12N4O2. The van der Waals surface area contributed by atoms with Crippen LogP contribution in [0.4, 0.5) is 0 Å². The van der Waals surface area contributed by atoms with E-state index in [0.29, 0.717) is 11.3 Å². The van der Waals surface area contributed by atoms with Crippen LogP contribution < -0.4 is 5.43 Å². The molecule has 2 rings (SSSR count). The van der Waals surface area contributed by atoms with Crippen LogP contribution in [-0.2, 0) is 4.79 Å². The quantitative estimate of drug-likeness (QED) is 0.859. The highest BCUT2D eigenvalue weighted by Crippen LogP contribution is 2.35. The van der Waals surface area contributed by atoms with Crippen molar-refractivity contribution in [1.29, 1.82) is 10.5 Å². The average Bonchev–Trinajstić information content (AvgIpc) is 2.77. The molecule has 0 aliphatic carbocycles. The Balaban J connectivity index is 2.48. The van der Waals surface area contributed by atoms with Gasteiger partial charge in [0.05, 0.1) is 18.1 Å². The van der Waals surface area contributed by atoms with Crippen molar-refractivity contribution in [3.63, 3.8) is 0 Å². The zero-order chi connectivity index (χ0) is 14.7. The van der Waals surface area contributed by atoms with Crippen LogP contribution in [0.2, 0.25) is 0 Å². The molecule has 20 heavy (non-hydrogen) atoms. The van der Waals surface area contributed by atoms with Gasteiger partial charge >= 0.3 is 0 Å². The molecule has 1 aliphatic rings. The van der Waals surface area contributed by atoms with E-state index in [1.807, 2.05) is 12.1 Å². The monoisotopic (exact) mass is 268 g/mol. The second-order valence-corrected chi connectivity index (χ2v) is 4.56. The minimum absolute atomic E-state index is 0.0826. The zero-order valence-corrected chi connectivity index (χ0v) is 10.7. The lowest BCUT2D eigenvalue weighted by atomic mass is 9.76. The number of nitriles is 2. The van der Waals surface area contributed by atoms with Crippen LogP contribution in [-0.4, -0.2) is 16.7 Å². The summed E-state index contributed by atoms with van der Waals surface area (Å²) in [4.78, 5) is 11.9. The summed E-state index contributed by atoms with van der Waals surface area (Å²) in [7, 11) is 0. The number of hydrazone groups is 1. The summed E-state index contributed by atoms with van der Waals surface area (Å²) in [5.41, 5.74) is 3.56. The van der Waals surface area contributed by atoms with Gasteiger partial charge in [-0.05, 0) is 24.6 Å². The number of amides is 1. The molecule has 1 aromatic carbocycles. The van der Waals surface area contributed by atoms with Crippen LogP contribution in [0.5, 0.6) is 5.75 Å². The predicted octanol–water partition coefficient (Wildman–Crippen LogP) is 1.26. The summed E-state index contributed by atoms with van der Waals surface area (Å²) in [5, 5.41) is 31.5. The lowest BCUT2D eigenvalue weighted by Crippen LogP contribution is -2.32. The number of rotatable bonds is 3. The lowest BCUT2D eigenvalue weighted by molar-refractivity contribution is -0.122. The first kappa shape index (κ1) is 13.6. The van der Waals surface area contributed by atoms with Gasteiger partial charge in [0.15, 0.2) is 0 Å². The third-order valence-corrected chi connectivity index (χ3v) is 3.35. The Morgan fingerprint density at radius 2 is 1.90 bits per heavy atom. The second-order valence-electron chi connectivity index (χ2n) is 4.56. The number of hydrogen-bond acceptors (Lipinski definition) is 5. The summed E-state index contributed by atoms with van der Waals surface area (Å²) >= 11 is 0. The van der Waals surface area contributed by atoms with Gasteiger partial charge in [0, 0.05) is 11.6 Å². The van der Waals surface area contributed by atoms with Gasteiger partial charge in [-0.1, -0.05) is 12.1 Å². The van der Waals surface area contributed by atoms with Crippen molar-refractivity contribution in [3.05, 3.63) is 29.8 Å². The smallest absolute Gasteiger partial charge is 0.249 e. The maximum atomic E-state index is 11.9. The van der Waals surface area contributed by atoms with Crippen LogP contribution in [0.15, 0.2) is 29.4 Å². The van der Waals surface area contributed by atoms with E-state index in [1.165, 1.54) is 12.1 Å². The topological polar surface area (TPSA) is 109 Å². The maximum absolute atomic E-state index is 11.9. The van der Waals surface area contributed by atoms with Crippen molar-refractivity contribution in [2.75, 3.05) is 0 Å². The predicted molar refractivity (Wildman–Crippen MR) is 70.3 cm³/mol. The van der Waals surface area contributed by atoms with Crippen molar-refractivity contribution in [2.45, 2.75) is 12.8 Å². The molecule has 0 fully saturated rings. The molecule has 0 saturated carbocycles. The molecule has 6 heteroatoms. The molecular weight excluding hydrogens is 256 g/mol. The van der Waals surface area contributed by atoms with Gasteiger partial charge < -0.3 is 5.11 Å². The molecule has 2 N–H and O–H groups in total. The van der Waals surface area contributed by atoms with Crippen molar-refractivity contribution in [2.24, 2.45) is 16.9 Å². The van der Waals surface area contributed by atoms with Crippen LogP contribution in [0.3, 0.4) is 0 Å². The van der Waals surface area contributed by atoms with Gasteiger partial charge in [0.25, 0.3) is 0 Å². The van der Waals surface area contributed by atoms with E-state index in [4.69, 9.17) is 10.5 Å². The molecule has 0 aromatic heterocycles. The Morgan fingerprint density at radius 3 is 2.35 bits per heavy atom. The molecule has 0 bridgehead atoms. The summed E-state index contributed by atoms with van der Waals surface area (Å²) in [6.07, 6.45) is 0. The standard InChI is InChI=1S/C14H12N4O2/c1-8-12(14(20)18-17-8)13(10(6-15)7-16)9-2-4-11(19)5-3-9/h2-5,10,12-13,19H,1H3,(H,18,20)/t12-,13+/m0/s1. The molecule has 0 unspecified atom stereocenters. The normalized spacial score (nSPS) is 18.9. The molecule has 1 heterocycles. The van der Waals surface area contributed by atoms with Crippen molar-refractivity contribution >= 4 is 11.6 Å². The first-order valence-corrected chi connectivity index (χ1v) is 6.00. The van der Waals surface area contributed by atoms with E-state index in [2.05, 4.69) is 10.5 Å². The Morgan fingerprint density at radius 1 is 1.30 bits per heavy atom. The molecule has 1 aliphatic heterocycles. The molecule has 6 nitrogen and oxygen atoms in total. The Kier molecular flexibility index (Phi) is 3.67. The van der Waals surface area contributed by atoms with E-state index in [0.717, 1.165) is 0 Å². The number of carbonyl (C=O) groups is 1. The number of aromatic hydroxyl groups is 1. The minimum Gasteiger partial charge on any atom is -0.508 e. The fourth-order valence-corrected chi connectivity index (χ4v) is 2.36. The van der Waals surface area contributed by atoms with Gasteiger partial charge in [-0.2, -0.15) is 15.6 Å². The zero-order valence-electron chi connectivity index (χ0n) is 10.7. The molecule has 0 saturated heterocycles. The highest BCUT2D eigenvalue weighted by Gasteiger charge is 2.40. The SMILES string of the molecule is CC1=NNC(=O)[C@@H]1[C@H](c1ccc(O)cc1)C(C#N)C#N. The second kappa shape index (κ2) is 5.41. The third kappa shape index (κ3) is 2.32. The van der Waals surface area contributed by atoms with Crippen LogP contribution >= 0.6 is 0 Å². The highest BCUT2D eigenvalue weighted by molar-refractivity contribution is 6.07. The fraction of sp³-hybridized carbons (Fsp3) is 0.286. The van der Waals surface area contributed by atoms with Gasteiger partial charge in [-0.25, -0.2) is 5.43 Å². The maximum Gasteiger partial charge on any atom is 0.249 e. The summed E-state index contributed by atoms with van der Waals surface area (Å²) in [5.74, 6) is -2.48. The van der Waals surface area contributed by atoms with Crippen molar-refractivity contribution in [3.8, 4) is 17.9 Å². The molecule has 0 spiro atoms. The van der Waals surface area contributed by atoms with E-state index in [1.54, 1.807) is 19.1 Å². The van der Waals surface area contributed by atoms with Gasteiger partial charge in [0.1, 0.15) is 11.7 Å². The van der Waals surface area contributed by atoms with Crippen molar-refractivity contribution < 1.29 is 9.90 Å². The molecule has 1 amide bonds. The van der Waals surface area contributed by atoms with Crippen molar-refractivity contribution in [1.82, 2.24) is 5.43 Å². The van der Waals surface area contributed by atoms with E-state index in [-0.39, 0.29) is 11.7 Å². The first-order valence-electron chi connectivity index (χ1n) is 6.00. The summed E-state index contributed by atoms with van der Waals surface area (Å²) < 4.78 is 0. The molecule has 0 radical (unpaired) electrons. The van der Waals surface area contributed by atoms with Gasteiger partial charge in [0.2, 0.25) is 5.91 Å². The number of benzene rings is 1. The van der Waals surface area contributed by atoms with Crippen LogP contribution in [0.1, 0.15) is 18.4 Å². The number of nitrogens with zero attached hydrogens (tertiary/aromatic N) is 3. The number of carbonyl (C=O) groups excluding carboxylic acids is 1. The highest BCUT2D eigenvalue weighted by atomic mass is 16.3. The van der Waals surface area contributed by atoms with Crippen LogP contribution in [0, 0.1) is 34.5 Å². The Hall–Kier alpha value is -2.86. The van der Waals surface area contributed by atoms with Gasteiger partial charge in [-0.15, -0.1) is 0 Å². The number of hydrogen-bond donors (Lipinski definition) is 2. The number of phenolic OH excluding ortho intramolecular Hbond substituents is 1. The molecule has 2 atom stereocenters. The largest absolute Gasteiger partial charge is 0.508 e. The average molecular weight is 268 g/mol. The van der Waals surface area contributed by atoms with E-state index in [9.17, 15) is 9.90 Å². The van der Waals surface area contributed by atoms with Gasteiger partial charge in [-0.3, -0.25) is 4.79 Å². The fourth-order valence-electron chi connectivity index (χ4n) is 2.36. The van der Waals surface area contributed by atoms with Crippen LogP contribution in [0.25, 0.3) is 0 Å².